The molecule has 0 aromatic carbocycles. The van der Waals surface area contributed by atoms with Crippen molar-refractivity contribution in [1.82, 2.24) is 24.5 Å². The number of hydrogen-bond acceptors (Lipinski definition) is 4. The van der Waals surface area contributed by atoms with Gasteiger partial charge in [-0.3, -0.25) is 9.59 Å². The number of aromatic amines is 1. The van der Waals surface area contributed by atoms with E-state index in [0.29, 0.717) is 24.5 Å². The van der Waals surface area contributed by atoms with Crippen molar-refractivity contribution in [2.45, 2.75) is 25.7 Å². The molecular weight excluding hydrogens is 318 g/mol. The summed E-state index contributed by atoms with van der Waals surface area (Å²) in [4.78, 5) is 33.7. The van der Waals surface area contributed by atoms with Gasteiger partial charge in [-0.15, -0.1) is 0 Å². The summed E-state index contributed by atoms with van der Waals surface area (Å²) in [6.45, 7) is 3.05. The summed E-state index contributed by atoms with van der Waals surface area (Å²) < 4.78 is 1.70. The van der Waals surface area contributed by atoms with Crippen LogP contribution in [0.3, 0.4) is 0 Å². The standard InChI is InChI=1S/C18H19N5O2/c1-12-20-15(9-17(24)21-12)13-5-4-7-22(11-13)18(25)14-10-19-23-8-3-2-6-16(14)23/h2-3,6,8-10,13H,4-5,7,11H2,1H3,(H,20,21,24). The van der Waals surface area contributed by atoms with Crippen molar-refractivity contribution in [3.8, 4) is 0 Å². The van der Waals surface area contributed by atoms with Gasteiger partial charge >= 0.3 is 0 Å². The van der Waals surface area contributed by atoms with Crippen LogP contribution in [0.25, 0.3) is 5.52 Å². The molecule has 1 N–H and O–H groups in total. The lowest BCUT2D eigenvalue weighted by molar-refractivity contribution is 0.0708. The van der Waals surface area contributed by atoms with Gasteiger partial charge in [0.25, 0.3) is 11.5 Å². The predicted molar refractivity (Wildman–Crippen MR) is 92.7 cm³/mol. The number of likely N-dealkylation sites (tertiary alicyclic amines) is 1. The summed E-state index contributed by atoms with van der Waals surface area (Å²) >= 11 is 0. The van der Waals surface area contributed by atoms with Crippen LogP contribution < -0.4 is 5.56 Å². The number of H-pyrrole nitrogens is 1. The second kappa shape index (κ2) is 6.16. The van der Waals surface area contributed by atoms with Crippen LogP contribution in [0.4, 0.5) is 0 Å². The van der Waals surface area contributed by atoms with Crippen molar-refractivity contribution in [2.75, 3.05) is 13.1 Å². The van der Waals surface area contributed by atoms with E-state index in [1.54, 1.807) is 23.7 Å². The third-order valence-corrected chi connectivity index (χ3v) is 4.66. The second-order valence-electron chi connectivity index (χ2n) is 6.43. The number of aromatic nitrogens is 4. The number of nitrogens with one attached hydrogen (secondary N) is 1. The van der Waals surface area contributed by atoms with Gasteiger partial charge in [0, 0.05) is 31.3 Å². The molecule has 0 aliphatic carbocycles. The molecule has 3 aromatic rings. The maximum atomic E-state index is 13.0. The minimum Gasteiger partial charge on any atom is -0.338 e. The van der Waals surface area contributed by atoms with E-state index in [-0.39, 0.29) is 17.4 Å². The summed E-state index contributed by atoms with van der Waals surface area (Å²) in [5.74, 6) is 0.668. The van der Waals surface area contributed by atoms with Crippen LogP contribution in [0.1, 0.15) is 40.6 Å². The van der Waals surface area contributed by atoms with Crippen LogP contribution in [-0.2, 0) is 0 Å². The fourth-order valence-corrected chi connectivity index (χ4v) is 3.48. The molecule has 0 spiro atoms. The number of aryl methyl sites for hydroxylation is 1. The van der Waals surface area contributed by atoms with Crippen molar-refractivity contribution in [2.24, 2.45) is 0 Å². The van der Waals surface area contributed by atoms with Gasteiger partial charge in [0.2, 0.25) is 0 Å². The smallest absolute Gasteiger partial charge is 0.257 e. The molecule has 7 nitrogen and oxygen atoms in total. The van der Waals surface area contributed by atoms with Gasteiger partial charge in [0.05, 0.1) is 23.0 Å². The summed E-state index contributed by atoms with van der Waals surface area (Å²) in [6, 6.07) is 7.21. The van der Waals surface area contributed by atoms with Gasteiger partial charge in [-0.2, -0.15) is 5.10 Å². The van der Waals surface area contributed by atoms with E-state index in [9.17, 15) is 9.59 Å². The molecule has 0 saturated carbocycles. The Morgan fingerprint density at radius 2 is 2.24 bits per heavy atom. The Labute approximate surface area is 144 Å². The van der Waals surface area contributed by atoms with Gasteiger partial charge in [-0.1, -0.05) is 6.07 Å². The first-order valence-corrected chi connectivity index (χ1v) is 8.41. The summed E-state index contributed by atoms with van der Waals surface area (Å²) in [6.07, 6.45) is 5.27. The number of hydrogen-bond donors (Lipinski definition) is 1. The molecule has 128 valence electrons. The quantitative estimate of drug-likeness (QED) is 0.772. The Morgan fingerprint density at radius 3 is 3.08 bits per heavy atom. The molecule has 1 fully saturated rings. The Hall–Kier alpha value is -2.96. The number of nitrogens with zero attached hydrogens (tertiary/aromatic N) is 4. The molecule has 1 atom stereocenters. The monoisotopic (exact) mass is 337 g/mol. The van der Waals surface area contributed by atoms with E-state index in [4.69, 9.17) is 0 Å². The predicted octanol–water partition coefficient (Wildman–Crippen LogP) is 1.75. The topological polar surface area (TPSA) is 83.4 Å². The lowest BCUT2D eigenvalue weighted by Crippen LogP contribution is -2.39. The molecular formula is C18H19N5O2. The van der Waals surface area contributed by atoms with Gasteiger partial charge in [-0.25, -0.2) is 9.50 Å². The SMILES string of the molecule is Cc1nc(C2CCCN(C(=O)c3cnn4ccccc34)C2)cc(=O)[nH]1. The number of rotatable bonds is 2. The average molecular weight is 337 g/mol. The molecule has 4 heterocycles. The minimum atomic E-state index is -0.145. The fourth-order valence-electron chi connectivity index (χ4n) is 3.48. The highest BCUT2D eigenvalue weighted by Crippen LogP contribution is 2.26. The number of carbonyl (C=O) groups is 1. The van der Waals surface area contributed by atoms with Gasteiger partial charge < -0.3 is 9.88 Å². The zero-order valence-corrected chi connectivity index (χ0v) is 14.0. The lowest BCUT2D eigenvalue weighted by atomic mass is 9.94. The molecule has 25 heavy (non-hydrogen) atoms. The van der Waals surface area contributed by atoms with Crippen molar-refractivity contribution in [3.63, 3.8) is 0 Å². The molecule has 1 unspecified atom stereocenters. The Bertz CT molecular complexity index is 990. The maximum Gasteiger partial charge on any atom is 0.257 e. The first kappa shape index (κ1) is 15.6. The van der Waals surface area contributed by atoms with Gasteiger partial charge in [0.1, 0.15) is 5.82 Å². The van der Waals surface area contributed by atoms with E-state index in [0.717, 1.165) is 24.1 Å². The highest BCUT2D eigenvalue weighted by molar-refractivity contribution is 6.00. The molecule has 3 aromatic heterocycles. The second-order valence-corrected chi connectivity index (χ2v) is 6.43. The van der Waals surface area contributed by atoms with E-state index in [1.807, 2.05) is 29.3 Å². The van der Waals surface area contributed by atoms with E-state index >= 15 is 0 Å². The van der Waals surface area contributed by atoms with E-state index in [1.165, 1.54) is 0 Å². The number of piperidine rings is 1. The first-order valence-electron chi connectivity index (χ1n) is 8.41. The summed E-state index contributed by atoms with van der Waals surface area (Å²) in [5, 5.41) is 4.25. The Balaban J connectivity index is 1.60. The molecule has 1 saturated heterocycles. The van der Waals surface area contributed by atoms with Crippen molar-refractivity contribution < 1.29 is 4.79 Å². The fraction of sp³-hybridized carbons (Fsp3) is 0.333. The first-order chi connectivity index (χ1) is 12.1. The number of amides is 1. The van der Waals surface area contributed by atoms with Gasteiger partial charge in [0.15, 0.2) is 0 Å². The van der Waals surface area contributed by atoms with Gasteiger partial charge in [-0.05, 0) is 31.9 Å². The minimum absolute atomic E-state index is 0.0209. The third kappa shape index (κ3) is 2.93. The van der Waals surface area contributed by atoms with Crippen LogP contribution in [0.2, 0.25) is 0 Å². The lowest BCUT2D eigenvalue weighted by Gasteiger charge is -2.32. The summed E-state index contributed by atoms with van der Waals surface area (Å²) in [7, 11) is 0. The van der Waals surface area contributed by atoms with Crippen molar-refractivity contribution >= 4 is 11.4 Å². The summed E-state index contributed by atoms with van der Waals surface area (Å²) in [5.41, 5.74) is 2.03. The molecule has 4 rings (SSSR count). The molecule has 0 radical (unpaired) electrons. The Morgan fingerprint density at radius 1 is 1.36 bits per heavy atom. The van der Waals surface area contributed by atoms with Crippen LogP contribution in [0.5, 0.6) is 0 Å². The molecule has 0 bridgehead atoms. The number of pyridine rings is 1. The highest BCUT2D eigenvalue weighted by atomic mass is 16.2. The zero-order chi connectivity index (χ0) is 17.4. The van der Waals surface area contributed by atoms with Crippen LogP contribution in [0.15, 0.2) is 41.5 Å². The Kier molecular flexibility index (Phi) is 3.83. The maximum absolute atomic E-state index is 13.0. The van der Waals surface area contributed by atoms with Crippen LogP contribution in [0, 0.1) is 6.92 Å². The largest absolute Gasteiger partial charge is 0.338 e. The molecule has 1 aliphatic heterocycles. The third-order valence-electron chi connectivity index (χ3n) is 4.66. The van der Waals surface area contributed by atoms with E-state index in [2.05, 4.69) is 15.1 Å². The van der Waals surface area contributed by atoms with Crippen LogP contribution in [-0.4, -0.2) is 43.5 Å². The van der Waals surface area contributed by atoms with Crippen LogP contribution >= 0.6 is 0 Å². The zero-order valence-electron chi connectivity index (χ0n) is 14.0. The van der Waals surface area contributed by atoms with Crippen molar-refractivity contribution in [3.05, 3.63) is 64.1 Å². The average Bonchev–Trinajstić information content (AvgIpc) is 3.04. The van der Waals surface area contributed by atoms with Crippen molar-refractivity contribution in [1.29, 1.82) is 0 Å². The number of carbonyl (C=O) groups excluding carboxylic acids is 1. The highest BCUT2D eigenvalue weighted by Gasteiger charge is 2.28. The normalized spacial score (nSPS) is 17.8. The molecule has 7 heteroatoms. The number of fused-ring (bicyclic) bond motifs is 1. The molecule has 1 amide bonds. The van der Waals surface area contributed by atoms with E-state index < -0.39 is 0 Å². The molecule has 1 aliphatic rings.